The second-order valence-electron chi connectivity index (χ2n) is 6.80. The van der Waals surface area contributed by atoms with Crippen LogP contribution in [0.5, 0.6) is 0 Å². The number of carbonyl (C=O) groups is 1. The van der Waals surface area contributed by atoms with E-state index < -0.39 is 0 Å². The highest BCUT2D eigenvalue weighted by atomic mass is 32.1. The normalized spacial score (nSPS) is 11.2. The van der Waals surface area contributed by atoms with Gasteiger partial charge in [0.15, 0.2) is 10.8 Å². The molecule has 0 bridgehead atoms. The van der Waals surface area contributed by atoms with Crippen LogP contribution in [0.1, 0.15) is 29.1 Å². The van der Waals surface area contributed by atoms with Crippen LogP contribution in [0, 0.1) is 13.8 Å². The van der Waals surface area contributed by atoms with Gasteiger partial charge >= 0.3 is 0 Å². The minimum atomic E-state index is 0.000546. The highest BCUT2D eigenvalue weighted by molar-refractivity contribution is 7.21. The molecule has 0 atom stereocenters. The van der Waals surface area contributed by atoms with Gasteiger partial charge in [0.05, 0.1) is 22.5 Å². The fraction of sp³-hybridized carbons (Fsp3) is 0.286. The summed E-state index contributed by atoms with van der Waals surface area (Å²) in [5.41, 5.74) is 4.21. The molecule has 7 heteroatoms. The summed E-state index contributed by atoms with van der Waals surface area (Å²) in [4.78, 5) is 16.8. The van der Waals surface area contributed by atoms with Crippen molar-refractivity contribution in [1.29, 1.82) is 0 Å². The van der Waals surface area contributed by atoms with Crippen molar-refractivity contribution < 1.29 is 9.21 Å². The average Bonchev–Trinajstić information content (AvgIpc) is 3.37. The molecule has 0 aliphatic rings. The van der Waals surface area contributed by atoms with Crippen LogP contribution in [0.4, 0.5) is 0 Å². The molecule has 0 aliphatic carbocycles. The monoisotopic (exact) mass is 394 g/mol. The van der Waals surface area contributed by atoms with Crippen LogP contribution in [-0.2, 0) is 24.8 Å². The molecule has 1 aromatic carbocycles. The Bertz CT molecular complexity index is 1110. The zero-order valence-corrected chi connectivity index (χ0v) is 17.0. The fourth-order valence-electron chi connectivity index (χ4n) is 3.26. The van der Waals surface area contributed by atoms with Crippen LogP contribution in [0.15, 0.2) is 40.8 Å². The first kappa shape index (κ1) is 18.4. The Hall–Kier alpha value is -2.93. The number of nitrogens with zero attached hydrogens (tertiary/aromatic N) is 3. The quantitative estimate of drug-likeness (QED) is 0.533. The molecule has 6 nitrogen and oxygen atoms in total. The van der Waals surface area contributed by atoms with Gasteiger partial charge in [0.25, 0.3) is 0 Å². The summed E-state index contributed by atoms with van der Waals surface area (Å²) in [7, 11) is 1.92. The number of aryl methyl sites for hydroxylation is 2. The molecule has 4 aromatic rings. The highest BCUT2D eigenvalue weighted by Gasteiger charge is 2.13. The standard InChI is InChI=1S/C21H22N4O2S/c1-13-16(14(2)25(3)24-13)9-11-20(26)22-12-15-8-10-18(27-15)21-23-17-6-4-5-7-19(17)28-21/h4-8,10H,9,11-12H2,1-3H3,(H,22,26). The summed E-state index contributed by atoms with van der Waals surface area (Å²) >= 11 is 1.60. The number of carbonyl (C=O) groups excluding carboxylic acids is 1. The van der Waals surface area contributed by atoms with Crippen LogP contribution < -0.4 is 5.32 Å². The van der Waals surface area contributed by atoms with E-state index in [0.29, 0.717) is 19.4 Å². The minimum Gasteiger partial charge on any atom is -0.457 e. The predicted molar refractivity (Wildman–Crippen MR) is 110 cm³/mol. The Morgan fingerprint density at radius 1 is 1.21 bits per heavy atom. The van der Waals surface area contributed by atoms with E-state index in [9.17, 15) is 4.79 Å². The van der Waals surface area contributed by atoms with Crippen molar-refractivity contribution in [2.24, 2.45) is 7.05 Å². The first-order valence-electron chi connectivity index (χ1n) is 9.21. The number of aromatic nitrogens is 3. The van der Waals surface area contributed by atoms with Gasteiger partial charge in [-0.1, -0.05) is 12.1 Å². The van der Waals surface area contributed by atoms with Gasteiger partial charge in [-0.2, -0.15) is 5.10 Å². The Morgan fingerprint density at radius 2 is 2.04 bits per heavy atom. The number of rotatable bonds is 6. The number of amides is 1. The average molecular weight is 395 g/mol. The number of thiazole rings is 1. The molecule has 0 spiro atoms. The maximum absolute atomic E-state index is 12.2. The molecule has 0 saturated heterocycles. The van der Waals surface area contributed by atoms with Crippen LogP contribution >= 0.6 is 11.3 Å². The molecule has 0 radical (unpaired) electrons. The number of hydrogen-bond donors (Lipinski definition) is 1. The van der Waals surface area contributed by atoms with Gasteiger partial charge in [-0.3, -0.25) is 9.48 Å². The largest absolute Gasteiger partial charge is 0.457 e. The zero-order chi connectivity index (χ0) is 19.7. The van der Waals surface area contributed by atoms with E-state index in [4.69, 9.17) is 4.42 Å². The van der Waals surface area contributed by atoms with Crippen molar-refractivity contribution >= 4 is 27.5 Å². The molecule has 28 heavy (non-hydrogen) atoms. The van der Waals surface area contributed by atoms with E-state index >= 15 is 0 Å². The van der Waals surface area contributed by atoms with E-state index in [2.05, 4.69) is 15.4 Å². The van der Waals surface area contributed by atoms with Crippen LogP contribution in [-0.4, -0.2) is 20.7 Å². The summed E-state index contributed by atoms with van der Waals surface area (Å²) in [5.74, 6) is 1.45. The molecule has 3 heterocycles. The third kappa shape index (κ3) is 3.71. The Morgan fingerprint density at radius 3 is 2.79 bits per heavy atom. The lowest BCUT2D eigenvalue weighted by atomic mass is 10.1. The highest BCUT2D eigenvalue weighted by Crippen LogP contribution is 2.31. The second kappa shape index (κ2) is 7.59. The van der Waals surface area contributed by atoms with Crippen molar-refractivity contribution in [2.75, 3.05) is 0 Å². The lowest BCUT2D eigenvalue weighted by molar-refractivity contribution is -0.121. The number of fused-ring (bicyclic) bond motifs is 1. The van der Waals surface area contributed by atoms with Gasteiger partial charge in [0.2, 0.25) is 5.91 Å². The molecule has 144 valence electrons. The van der Waals surface area contributed by atoms with E-state index in [0.717, 1.165) is 43.7 Å². The Labute approximate surface area is 167 Å². The number of para-hydroxylation sites is 1. The molecule has 0 fully saturated rings. The van der Waals surface area contributed by atoms with Crippen molar-refractivity contribution in [3.8, 4) is 10.8 Å². The summed E-state index contributed by atoms with van der Waals surface area (Å²) in [6, 6.07) is 11.8. The Balaban J connectivity index is 1.34. The molecule has 3 aromatic heterocycles. The molecule has 1 amide bonds. The predicted octanol–water partition coefficient (Wildman–Crippen LogP) is 4.16. The molecular weight excluding hydrogens is 372 g/mol. The third-order valence-corrected chi connectivity index (χ3v) is 5.94. The summed E-state index contributed by atoms with van der Waals surface area (Å²) < 4.78 is 8.86. The molecule has 1 N–H and O–H groups in total. The van der Waals surface area contributed by atoms with Crippen LogP contribution in [0.25, 0.3) is 21.0 Å². The van der Waals surface area contributed by atoms with E-state index in [1.54, 1.807) is 11.3 Å². The summed E-state index contributed by atoms with van der Waals surface area (Å²) in [6.07, 6.45) is 1.12. The fourth-order valence-corrected chi connectivity index (χ4v) is 4.18. The molecule has 0 saturated carbocycles. The SMILES string of the molecule is Cc1nn(C)c(C)c1CCC(=O)NCc1ccc(-c2nc3ccccc3s2)o1. The van der Waals surface area contributed by atoms with Gasteiger partial charge in [0, 0.05) is 19.2 Å². The smallest absolute Gasteiger partial charge is 0.220 e. The lowest BCUT2D eigenvalue weighted by Gasteiger charge is -2.04. The van der Waals surface area contributed by atoms with Crippen molar-refractivity contribution in [1.82, 2.24) is 20.1 Å². The van der Waals surface area contributed by atoms with E-state index in [1.165, 1.54) is 0 Å². The van der Waals surface area contributed by atoms with Crippen molar-refractivity contribution in [3.05, 3.63) is 59.1 Å². The molecule has 0 aliphatic heterocycles. The van der Waals surface area contributed by atoms with Gasteiger partial charge in [-0.05, 0) is 50.1 Å². The molecular formula is C21H22N4O2S. The molecule has 4 rings (SSSR count). The van der Waals surface area contributed by atoms with Gasteiger partial charge < -0.3 is 9.73 Å². The topological polar surface area (TPSA) is 73.0 Å². The summed E-state index contributed by atoms with van der Waals surface area (Å²) in [6.45, 7) is 4.38. The van der Waals surface area contributed by atoms with Gasteiger partial charge in [0.1, 0.15) is 5.76 Å². The number of furan rings is 1. The maximum Gasteiger partial charge on any atom is 0.220 e. The second-order valence-corrected chi connectivity index (χ2v) is 7.83. The zero-order valence-electron chi connectivity index (χ0n) is 16.2. The van der Waals surface area contributed by atoms with Gasteiger partial charge in [-0.25, -0.2) is 4.98 Å². The van der Waals surface area contributed by atoms with Crippen LogP contribution in [0.2, 0.25) is 0 Å². The van der Waals surface area contributed by atoms with Crippen molar-refractivity contribution in [2.45, 2.75) is 33.2 Å². The number of nitrogens with one attached hydrogen (secondary N) is 1. The Kier molecular flexibility index (Phi) is 5.00. The molecule has 0 unspecified atom stereocenters. The number of hydrogen-bond acceptors (Lipinski definition) is 5. The minimum absolute atomic E-state index is 0.000546. The van der Waals surface area contributed by atoms with Gasteiger partial charge in [-0.15, -0.1) is 11.3 Å². The first-order chi connectivity index (χ1) is 13.5. The summed E-state index contributed by atoms with van der Waals surface area (Å²) in [5, 5.41) is 8.17. The van der Waals surface area contributed by atoms with Crippen LogP contribution in [0.3, 0.4) is 0 Å². The van der Waals surface area contributed by atoms with E-state index in [-0.39, 0.29) is 5.91 Å². The van der Waals surface area contributed by atoms with Crippen molar-refractivity contribution in [3.63, 3.8) is 0 Å². The lowest BCUT2D eigenvalue weighted by Crippen LogP contribution is -2.22. The first-order valence-corrected chi connectivity index (χ1v) is 10.0. The maximum atomic E-state index is 12.2. The third-order valence-electron chi connectivity index (χ3n) is 4.89. The number of benzene rings is 1. The van der Waals surface area contributed by atoms with E-state index in [1.807, 2.05) is 62.0 Å².